The van der Waals surface area contributed by atoms with Crippen LogP contribution in [0.3, 0.4) is 0 Å². The second kappa shape index (κ2) is 8.54. The van der Waals surface area contributed by atoms with E-state index in [1.54, 1.807) is 6.07 Å². The maximum absolute atomic E-state index is 7.65. The fourth-order valence-electron chi connectivity index (χ4n) is 4.06. The predicted octanol–water partition coefficient (Wildman–Crippen LogP) is 4.09. The topological polar surface area (TPSA) is 114 Å². The number of nitrogens with two attached hydrogens (primary N) is 1. The highest BCUT2D eigenvalue weighted by Crippen LogP contribution is 2.39. The summed E-state index contributed by atoms with van der Waals surface area (Å²) in [5.74, 6) is 1.96. The number of hydrogen-bond donors (Lipinski definition) is 3. The third-order valence-electron chi connectivity index (χ3n) is 6.04. The second-order valence-corrected chi connectivity index (χ2v) is 8.62. The lowest BCUT2D eigenvalue weighted by Gasteiger charge is -2.14. The van der Waals surface area contributed by atoms with Gasteiger partial charge >= 0.3 is 0 Å². The van der Waals surface area contributed by atoms with Gasteiger partial charge in [-0.15, -0.1) is 0 Å². The van der Waals surface area contributed by atoms with Crippen LogP contribution >= 0.6 is 0 Å². The first-order chi connectivity index (χ1) is 16.0. The summed E-state index contributed by atoms with van der Waals surface area (Å²) >= 11 is 0. The highest BCUT2D eigenvalue weighted by Gasteiger charge is 2.23. The van der Waals surface area contributed by atoms with Crippen LogP contribution in [0.1, 0.15) is 52.3 Å². The summed E-state index contributed by atoms with van der Waals surface area (Å²) in [6.45, 7) is 4.98. The number of nitrogen functional groups attached to an aromatic ring is 1. The summed E-state index contributed by atoms with van der Waals surface area (Å²) in [6.07, 6.45) is 8.23. The van der Waals surface area contributed by atoms with Crippen LogP contribution in [0.15, 0.2) is 49.1 Å². The van der Waals surface area contributed by atoms with Crippen molar-refractivity contribution in [2.75, 3.05) is 5.32 Å². The van der Waals surface area contributed by atoms with Crippen LogP contribution < -0.4 is 15.8 Å². The molecule has 0 spiro atoms. The molecule has 8 nitrogen and oxygen atoms in total. The van der Waals surface area contributed by atoms with E-state index in [1.165, 1.54) is 24.7 Å². The van der Waals surface area contributed by atoms with E-state index in [9.17, 15) is 0 Å². The summed E-state index contributed by atoms with van der Waals surface area (Å²) in [5, 5.41) is 11.0. The minimum absolute atomic E-state index is 0.0762. The number of fused-ring (bicyclic) bond motifs is 1. The normalized spacial score (nSPS) is 13.3. The molecule has 1 fully saturated rings. The van der Waals surface area contributed by atoms with E-state index in [0.717, 1.165) is 33.6 Å². The molecular formula is C25H27N7O. The first kappa shape index (κ1) is 20.9. The Kier molecular flexibility index (Phi) is 5.42. The molecular weight excluding hydrogens is 414 g/mol. The summed E-state index contributed by atoms with van der Waals surface area (Å²) < 4.78 is 7.96. The van der Waals surface area contributed by atoms with E-state index >= 15 is 0 Å². The number of ether oxygens (including phenoxy) is 1. The molecule has 8 heteroatoms. The van der Waals surface area contributed by atoms with Gasteiger partial charge in [-0.25, -0.2) is 15.0 Å². The average molecular weight is 442 g/mol. The van der Waals surface area contributed by atoms with Crippen molar-refractivity contribution in [2.45, 2.75) is 45.8 Å². The van der Waals surface area contributed by atoms with Crippen LogP contribution in [0.2, 0.25) is 0 Å². The van der Waals surface area contributed by atoms with Crippen molar-refractivity contribution in [3.8, 4) is 5.88 Å². The molecule has 1 aromatic carbocycles. The van der Waals surface area contributed by atoms with E-state index in [0.29, 0.717) is 30.8 Å². The number of aryl methyl sites for hydroxylation is 2. The van der Waals surface area contributed by atoms with Gasteiger partial charge in [0.2, 0.25) is 5.88 Å². The van der Waals surface area contributed by atoms with E-state index in [-0.39, 0.29) is 5.84 Å². The fraction of sp³-hybridized carbons (Fsp3) is 0.280. The molecule has 3 aromatic heterocycles. The van der Waals surface area contributed by atoms with Crippen LogP contribution in [0, 0.1) is 19.3 Å². The first-order valence-corrected chi connectivity index (χ1v) is 11.1. The van der Waals surface area contributed by atoms with Gasteiger partial charge in [-0.1, -0.05) is 6.07 Å². The van der Waals surface area contributed by atoms with Gasteiger partial charge < -0.3 is 20.2 Å². The fourth-order valence-corrected chi connectivity index (χ4v) is 4.06. The average Bonchev–Trinajstić information content (AvgIpc) is 3.56. The molecule has 0 bridgehead atoms. The molecule has 5 rings (SSSR count). The van der Waals surface area contributed by atoms with E-state index in [4.69, 9.17) is 15.9 Å². The van der Waals surface area contributed by atoms with Crippen molar-refractivity contribution in [1.82, 2.24) is 19.4 Å². The zero-order valence-electron chi connectivity index (χ0n) is 18.8. The molecule has 0 unspecified atom stereocenters. The Morgan fingerprint density at radius 2 is 1.94 bits per heavy atom. The number of imidazole rings is 1. The third kappa shape index (κ3) is 4.64. The van der Waals surface area contributed by atoms with Crippen LogP contribution in [0.5, 0.6) is 5.88 Å². The van der Waals surface area contributed by atoms with E-state index in [1.807, 2.05) is 32.2 Å². The molecule has 0 atom stereocenters. The summed E-state index contributed by atoms with van der Waals surface area (Å²) in [4.78, 5) is 13.2. The van der Waals surface area contributed by atoms with E-state index in [2.05, 4.69) is 43.0 Å². The van der Waals surface area contributed by atoms with Gasteiger partial charge in [-0.3, -0.25) is 5.41 Å². The molecule has 0 aliphatic heterocycles. The van der Waals surface area contributed by atoms with Gasteiger partial charge in [0.15, 0.2) is 0 Å². The highest BCUT2D eigenvalue weighted by atomic mass is 16.5. The Balaban J connectivity index is 1.23. The van der Waals surface area contributed by atoms with Gasteiger partial charge in [0.05, 0.1) is 5.69 Å². The molecule has 33 heavy (non-hydrogen) atoms. The predicted molar refractivity (Wildman–Crippen MR) is 128 cm³/mol. The molecule has 3 heterocycles. The minimum atomic E-state index is 0.0762. The zero-order valence-corrected chi connectivity index (χ0v) is 18.8. The third-order valence-corrected chi connectivity index (χ3v) is 6.04. The maximum atomic E-state index is 7.65. The molecule has 0 saturated heterocycles. The molecule has 0 amide bonds. The van der Waals surface area contributed by atoms with Crippen LogP contribution in [0.4, 0.5) is 5.82 Å². The van der Waals surface area contributed by atoms with Gasteiger partial charge in [0, 0.05) is 30.6 Å². The van der Waals surface area contributed by atoms with Crippen molar-refractivity contribution >= 4 is 17.3 Å². The number of amidine groups is 1. The number of pyridine rings is 1. The first-order valence-electron chi connectivity index (χ1n) is 11.1. The number of benzene rings is 1. The Labute approximate surface area is 192 Å². The van der Waals surface area contributed by atoms with Gasteiger partial charge in [0.1, 0.15) is 30.2 Å². The van der Waals surface area contributed by atoms with Crippen LogP contribution in [-0.4, -0.2) is 25.2 Å². The van der Waals surface area contributed by atoms with Crippen molar-refractivity contribution in [2.24, 2.45) is 5.73 Å². The van der Waals surface area contributed by atoms with Crippen molar-refractivity contribution in [3.05, 3.63) is 82.6 Å². The molecule has 1 aliphatic rings. The van der Waals surface area contributed by atoms with Crippen LogP contribution in [0.25, 0.3) is 5.65 Å². The van der Waals surface area contributed by atoms with Crippen molar-refractivity contribution in [3.63, 3.8) is 0 Å². The molecule has 168 valence electrons. The summed E-state index contributed by atoms with van der Waals surface area (Å²) in [6, 6.07) is 9.89. The Morgan fingerprint density at radius 3 is 2.67 bits per heavy atom. The smallest absolute Gasteiger partial charge is 0.218 e. The lowest BCUT2D eigenvalue weighted by Crippen LogP contribution is -2.13. The van der Waals surface area contributed by atoms with Gasteiger partial charge in [0.25, 0.3) is 0 Å². The van der Waals surface area contributed by atoms with Gasteiger partial charge in [-0.2, -0.15) is 0 Å². The monoisotopic (exact) mass is 441 g/mol. The standard InChI is InChI=1S/C25H27N7O/c1-15-7-19(25(26)27)8-16(2)21(15)10-28-22-9-24(30-14-29-22)33-13-20-12-32-11-18(17-3-4-17)5-6-23(32)31-20/h5-9,11-12,14,17H,3-4,10,13H2,1-2H3,(H3,26,27)(H,28,29,30). The number of aromatic nitrogens is 4. The SMILES string of the molecule is Cc1cc(C(=N)N)cc(C)c1CNc1cc(OCc2cn3cc(C4CC4)ccc3n2)ncn1. The quantitative estimate of drug-likeness (QED) is 0.280. The summed E-state index contributed by atoms with van der Waals surface area (Å²) in [7, 11) is 0. The Hall–Kier alpha value is -3.94. The number of nitrogens with zero attached hydrogens (tertiary/aromatic N) is 4. The van der Waals surface area contributed by atoms with E-state index < -0.39 is 0 Å². The molecule has 1 aliphatic carbocycles. The van der Waals surface area contributed by atoms with Gasteiger partial charge in [-0.05, 0) is 73.1 Å². The molecule has 4 N–H and O–H groups in total. The summed E-state index contributed by atoms with van der Waals surface area (Å²) in [5.41, 5.74) is 12.8. The molecule has 4 aromatic rings. The second-order valence-electron chi connectivity index (χ2n) is 8.62. The number of rotatable bonds is 8. The highest BCUT2D eigenvalue weighted by molar-refractivity contribution is 5.95. The molecule has 0 radical (unpaired) electrons. The van der Waals surface area contributed by atoms with Crippen LogP contribution in [-0.2, 0) is 13.2 Å². The lowest BCUT2D eigenvalue weighted by atomic mass is 9.99. The number of anilines is 1. The number of hydrogen-bond acceptors (Lipinski definition) is 6. The van der Waals surface area contributed by atoms with Crippen molar-refractivity contribution < 1.29 is 4.74 Å². The maximum Gasteiger partial charge on any atom is 0.218 e. The lowest BCUT2D eigenvalue weighted by molar-refractivity contribution is 0.289. The minimum Gasteiger partial charge on any atom is -0.471 e. The zero-order chi connectivity index (χ0) is 22.9. The largest absolute Gasteiger partial charge is 0.471 e. The molecule has 1 saturated carbocycles. The number of nitrogens with one attached hydrogen (secondary N) is 2. The van der Waals surface area contributed by atoms with Crippen molar-refractivity contribution in [1.29, 1.82) is 5.41 Å². The Bertz CT molecular complexity index is 1320. The Morgan fingerprint density at radius 1 is 1.15 bits per heavy atom.